The minimum absolute atomic E-state index is 0.0155. The number of hydrogen-bond acceptors (Lipinski definition) is 8. The van der Waals surface area contributed by atoms with Gasteiger partial charge in [0.15, 0.2) is 6.29 Å². The maximum absolute atomic E-state index is 12.3. The number of benzene rings is 4. The number of thioether (sulfide) groups is 1. The van der Waals surface area contributed by atoms with E-state index in [1.807, 2.05) is 109 Å². The number of para-hydroxylation sites is 1. The van der Waals surface area contributed by atoms with Gasteiger partial charge in [-0.25, -0.2) is 4.79 Å². The second-order valence-corrected chi connectivity index (χ2v) is 12.1. The zero-order valence-electron chi connectivity index (χ0n) is 25.4. The topological polar surface area (TPSA) is 123 Å². The van der Waals surface area contributed by atoms with Crippen LogP contribution in [0.3, 0.4) is 0 Å². The third-order valence-electron chi connectivity index (χ3n) is 7.94. The van der Waals surface area contributed by atoms with Crippen LogP contribution in [-0.2, 0) is 29.2 Å². The first-order valence-corrected chi connectivity index (χ1v) is 16.2. The van der Waals surface area contributed by atoms with Gasteiger partial charge in [0.05, 0.1) is 24.5 Å². The number of nitrogens with one attached hydrogen (secondary N) is 2. The van der Waals surface area contributed by atoms with Gasteiger partial charge >= 0.3 is 6.03 Å². The summed E-state index contributed by atoms with van der Waals surface area (Å²) in [5, 5.41) is 28.4. The van der Waals surface area contributed by atoms with E-state index in [9.17, 15) is 9.90 Å². The fourth-order valence-electron chi connectivity index (χ4n) is 5.28. The average molecular weight is 637 g/mol. The van der Waals surface area contributed by atoms with Gasteiger partial charge in [0.2, 0.25) is 5.16 Å². The van der Waals surface area contributed by atoms with Gasteiger partial charge < -0.3 is 25.2 Å². The number of hydrogen-bond donors (Lipinski definition) is 3. The normalized spacial score (nSPS) is 19.4. The fraction of sp³-hybridized carbons (Fsp3) is 0.257. The second-order valence-electron chi connectivity index (χ2n) is 11.1. The van der Waals surface area contributed by atoms with Crippen LogP contribution in [0, 0.1) is 5.92 Å². The first-order chi connectivity index (χ1) is 22.6. The quantitative estimate of drug-likeness (QED) is 0.157. The molecule has 0 unspecified atom stereocenters. The van der Waals surface area contributed by atoms with E-state index in [1.54, 1.807) is 16.4 Å². The minimum Gasteiger partial charge on any atom is -0.392 e. The molecular weight excluding hydrogens is 600 g/mol. The number of nitrogens with zero attached hydrogens (tertiary/aromatic N) is 4. The summed E-state index contributed by atoms with van der Waals surface area (Å²) in [5.41, 5.74) is 5.63. The lowest BCUT2D eigenvalue weighted by Gasteiger charge is -2.41. The lowest BCUT2D eigenvalue weighted by atomic mass is 9.91. The van der Waals surface area contributed by atoms with Crippen molar-refractivity contribution in [2.45, 2.75) is 50.3 Å². The Morgan fingerprint density at radius 3 is 2.09 bits per heavy atom. The van der Waals surface area contributed by atoms with Gasteiger partial charge in [0.25, 0.3) is 0 Å². The Balaban J connectivity index is 1.13. The van der Waals surface area contributed by atoms with Crippen LogP contribution in [-0.4, -0.2) is 43.2 Å². The molecule has 2 amide bonds. The van der Waals surface area contributed by atoms with Crippen LogP contribution in [0.15, 0.2) is 114 Å². The van der Waals surface area contributed by atoms with E-state index in [4.69, 9.17) is 9.47 Å². The molecule has 1 saturated heterocycles. The Bertz CT molecular complexity index is 1690. The molecule has 2 heterocycles. The van der Waals surface area contributed by atoms with Crippen molar-refractivity contribution in [1.29, 1.82) is 0 Å². The minimum atomic E-state index is -0.606. The van der Waals surface area contributed by atoms with Crippen LogP contribution in [0.4, 0.5) is 4.79 Å². The number of carbonyl (C=O) groups is 1. The molecular formula is C35H36N6O4S. The molecule has 0 radical (unpaired) electrons. The van der Waals surface area contributed by atoms with Crippen molar-refractivity contribution >= 4 is 17.8 Å². The average Bonchev–Trinajstić information content (AvgIpc) is 3.59. The van der Waals surface area contributed by atoms with E-state index >= 15 is 0 Å². The smallest absolute Gasteiger partial charge is 0.315 e. The monoisotopic (exact) mass is 636 g/mol. The molecule has 10 nitrogen and oxygen atoms in total. The molecule has 1 fully saturated rings. The molecule has 6 rings (SSSR count). The van der Waals surface area contributed by atoms with Crippen LogP contribution in [0.25, 0.3) is 5.69 Å². The van der Waals surface area contributed by atoms with Crippen LogP contribution >= 0.6 is 11.8 Å². The van der Waals surface area contributed by atoms with Gasteiger partial charge in [-0.05, 0) is 44.8 Å². The predicted molar refractivity (Wildman–Crippen MR) is 175 cm³/mol. The zero-order chi connectivity index (χ0) is 31.7. The Labute approximate surface area is 272 Å². The number of aromatic nitrogens is 4. The van der Waals surface area contributed by atoms with Crippen molar-refractivity contribution in [3.63, 3.8) is 0 Å². The number of rotatable bonds is 11. The molecule has 236 valence electrons. The van der Waals surface area contributed by atoms with E-state index < -0.39 is 6.29 Å². The molecule has 11 heteroatoms. The molecule has 0 aliphatic carbocycles. The number of ether oxygens (including phenoxy) is 2. The number of urea groups is 1. The van der Waals surface area contributed by atoms with Crippen LogP contribution in [0.5, 0.6) is 0 Å². The van der Waals surface area contributed by atoms with Gasteiger partial charge in [0.1, 0.15) is 0 Å². The molecule has 4 aromatic carbocycles. The molecule has 5 aromatic rings. The third-order valence-corrected chi connectivity index (χ3v) is 8.95. The standard InChI is InChI=1S/C35H36N6O4S/c1-24-31(23-46-35-38-39-40-41(35)30-10-6-3-7-11-30)44-33(45-32(24)28-16-14-27(22-42)15-17-28)29-18-12-26(13-19-29)21-37-34(43)36-20-25-8-4-2-5-9-25/h2-19,24,31-33,42H,20-23H2,1H3,(H2,36,37,43)/t24-,31+,32+,33+/m0/s1. The Kier molecular flexibility index (Phi) is 10.4. The van der Waals surface area contributed by atoms with Gasteiger partial charge in [-0.15, -0.1) is 5.10 Å². The highest BCUT2D eigenvalue weighted by Gasteiger charge is 2.38. The number of aliphatic hydroxyl groups is 1. The molecule has 1 aliphatic heterocycles. The molecule has 0 spiro atoms. The Morgan fingerprint density at radius 2 is 1.41 bits per heavy atom. The number of tetrazole rings is 1. The maximum atomic E-state index is 12.3. The van der Waals surface area contributed by atoms with Gasteiger partial charge in [-0.1, -0.05) is 116 Å². The molecule has 46 heavy (non-hydrogen) atoms. The van der Waals surface area contributed by atoms with Crippen LogP contribution in [0.1, 0.15) is 47.1 Å². The van der Waals surface area contributed by atoms with Gasteiger partial charge in [-0.3, -0.25) is 0 Å². The van der Waals surface area contributed by atoms with E-state index in [1.165, 1.54) is 0 Å². The summed E-state index contributed by atoms with van der Waals surface area (Å²) in [6.07, 6.45) is -1.02. The third kappa shape index (κ3) is 7.80. The SMILES string of the molecule is C[C@H]1[C@@H](CSc2nnnn2-c2ccccc2)O[C@@H](c2ccc(CNC(=O)NCc3ccccc3)cc2)O[C@H]1c1ccc(CO)cc1. The maximum Gasteiger partial charge on any atom is 0.315 e. The van der Waals surface area contributed by atoms with Gasteiger partial charge in [-0.2, -0.15) is 4.68 Å². The largest absolute Gasteiger partial charge is 0.392 e. The van der Waals surface area contributed by atoms with Crippen molar-refractivity contribution in [3.8, 4) is 5.69 Å². The first-order valence-electron chi connectivity index (χ1n) is 15.2. The highest BCUT2D eigenvalue weighted by molar-refractivity contribution is 7.99. The van der Waals surface area contributed by atoms with Crippen molar-refractivity contribution < 1.29 is 19.4 Å². The van der Waals surface area contributed by atoms with Gasteiger partial charge in [0, 0.05) is 30.3 Å². The van der Waals surface area contributed by atoms with Crippen molar-refractivity contribution in [2.75, 3.05) is 5.75 Å². The second kappa shape index (κ2) is 15.2. The summed E-state index contributed by atoms with van der Waals surface area (Å²) in [7, 11) is 0. The summed E-state index contributed by atoms with van der Waals surface area (Å²) < 4.78 is 14.9. The lowest BCUT2D eigenvalue weighted by molar-refractivity contribution is -0.268. The van der Waals surface area contributed by atoms with Crippen molar-refractivity contribution in [2.24, 2.45) is 5.92 Å². The fourth-order valence-corrected chi connectivity index (χ4v) is 6.34. The molecule has 0 bridgehead atoms. The molecule has 1 aromatic heterocycles. The lowest BCUT2D eigenvalue weighted by Crippen LogP contribution is -2.38. The van der Waals surface area contributed by atoms with Crippen LogP contribution in [0.2, 0.25) is 0 Å². The highest BCUT2D eigenvalue weighted by Crippen LogP contribution is 2.43. The highest BCUT2D eigenvalue weighted by atomic mass is 32.2. The predicted octanol–water partition coefficient (Wildman–Crippen LogP) is 5.74. The van der Waals surface area contributed by atoms with Crippen molar-refractivity contribution in [3.05, 3.63) is 137 Å². The summed E-state index contributed by atoms with van der Waals surface area (Å²) in [6.45, 7) is 2.96. The molecule has 0 saturated carbocycles. The summed E-state index contributed by atoms with van der Waals surface area (Å²) in [4.78, 5) is 12.3. The van der Waals surface area contributed by atoms with Crippen molar-refractivity contribution in [1.82, 2.24) is 30.8 Å². The molecule has 3 N–H and O–H groups in total. The van der Waals surface area contributed by atoms with Crippen LogP contribution < -0.4 is 10.6 Å². The zero-order valence-corrected chi connectivity index (χ0v) is 26.2. The molecule has 4 atom stereocenters. The van der Waals surface area contributed by atoms with E-state index in [0.29, 0.717) is 24.0 Å². The number of carbonyl (C=O) groups excluding carboxylic acids is 1. The van der Waals surface area contributed by atoms with E-state index in [0.717, 1.165) is 33.5 Å². The number of aliphatic hydroxyl groups excluding tert-OH is 1. The van der Waals surface area contributed by atoms with E-state index in [2.05, 4.69) is 33.1 Å². The summed E-state index contributed by atoms with van der Waals surface area (Å²) in [6, 6.07) is 35.1. The Morgan fingerprint density at radius 1 is 0.804 bits per heavy atom. The molecule has 1 aliphatic rings. The number of amides is 2. The van der Waals surface area contributed by atoms with E-state index in [-0.39, 0.29) is 30.8 Å². The Hall–Kier alpha value is -4.55. The first kappa shape index (κ1) is 31.4. The summed E-state index contributed by atoms with van der Waals surface area (Å²) >= 11 is 1.54. The summed E-state index contributed by atoms with van der Waals surface area (Å²) in [5.74, 6) is 0.627.